The van der Waals surface area contributed by atoms with E-state index in [2.05, 4.69) is 41.4 Å². The van der Waals surface area contributed by atoms with Gasteiger partial charge in [0.05, 0.1) is 0 Å². The monoisotopic (exact) mass is 278 g/mol. The van der Waals surface area contributed by atoms with Crippen LogP contribution in [0.15, 0.2) is 24.3 Å². The van der Waals surface area contributed by atoms with Gasteiger partial charge in [0, 0.05) is 19.3 Å². The molecule has 4 nitrogen and oxygen atoms in total. The van der Waals surface area contributed by atoms with Gasteiger partial charge in [0.1, 0.15) is 5.54 Å². The zero-order valence-electron chi connectivity index (χ0n) is 12.9. The summed E-state index contributed by atoms with van der Waals surface area (Å²) in [7, 11) is 2.00. The zero-order chi connectivity index (χ0) is 15.2. The molecule has 1 unspecified atom stereocenters. The molecule has 0 aliphatic carbocycles. The molecule has 0 bridgehead atoms. The normalized spacial score (nSPS) is 13.8. The first kappa shape index (κ1) is 16.5. The van der Waals surface area contributed by atoms with Gasteiger partial charge in [0.15, 0.2) is 0 Å². The van der Waals surface area contributed by atoms with Gasteiger partial charge in [-0.25, -0.2) is 0 Å². The topological polar surface area (TPSA) is 52.6 Å². The fourth-order valence-corrected chi connectivity index (χ4v) is 2.17. The third kappa shape index (κ3) is 4.23. The molecule has 1 aromatic carbocycles. The van der Waals surface area contributed by atoms with Gasteiger partial charge in [-0.15, -0.1) is 0 Å². The van der Waals surface area contributed by atoms with Gasteiger partial charge in [0.2, 0.25) is 0 Å². The Hall–Kier alpha value is -1.55. The van der Waals surface area contributed by atoms with Crippen molar-refractivity contribution in [1.29, 1.82) is 0 Å². The average Bonchev–Trinajstić information content (AvgIpc) is 2.45. The molecule has 0 saturated carbocycles. The van der Waals surface area contributed by atoms with Gasteiger partial charge < -0.3 is 15.3 Å². The van der Waals surface area contributed by atoms with E-state index in [0.717, 1.165) is 12.1 Å². The number of benzene rings is 1. The molecule has 0 spiro atoms. The number of likely N-dealkylation sites (N-methyl/N-ethyl adjacent to an activating group) is 1. The number of nitrogens with one attached hydrogen (secondary N) is 1. The molecule has 112 valence electrons. The minimum absolute atomic E-state index is 0.558. The fourth-order valence-electron chi connectivity index (χ4n) is 2.17. The van der Waals surface area contributed by atoms with Crippen molar-refractivity contribution in [3.63, 3.8) is 0 Å². The molecule has 4 heteroatoms. The van der Waals surface area contributed by atoms with Gasteiger partial charge in [-0.1, -0.05) is 26.0 Å². The van der Waals surface area contributed by atoms with Crippen LogP contribution in [0, 0.1) is 0 Å². The van der Waals surface area contributed by atoms with Crippen molar-refractivity contribution in [2.45, 2.75) is 39.2 Å². The Kier molecular flexibility index (Phi) is 6.02. The largest absolute Gasteiger partial charge is 0.480 e. The Labute approximate surface area is 121 Å². The van der Waals surface area contributed by atoms with E-state index in [1.807, 2.05) is 14.0 Å². The zero-order valence-corrected chi connectivity index (χ0v) is 12.9. The van der Waals surface area contributed by atoms with Crippen molar-refractivity contribution in [3.05, 3.63) is 29.8 Å². The highest BCUT2D eigenvalue weighted by Gasteiger charge is 2.31. The minimum atomic E-state index is -0.869. The second-order valence-corrected chi connectivity index (χ2v) is 5.36. The van der Waals surface area contributed by atoms with E-state index in [-0.39, 0.29) is 0 Å². The Bertz CT molecular complexity index is 431. The van der Waals surface area contributed by atoms with Crippen molar-refractivity contribution < 1.29 is 9.90 Å². The maximum absolute atomic E-state index is 11.4. The van der Waals surface area contributed by atoms with Crippen LogP contribution in [0.3, 0.4) is 0 Å². The summed E-state index contributed by atoms with van der Waals surface area (Å²) in [6.07, 6.45) is 1.59. The lowest BCUT2D eigenvalue weighted by atomic mass is 9.97. The minimum Gasteiger partial charge on any atom is -0.480 e. The summed E-state index contributed by atoms with van der Waals surface area (Å²) in [5.74, 6) is -0.797. The molecule has 0 saturated heterocycles. The molecule has 0 aliphatic heterocycles. The highest BCUT2D eigenvalue weighted by atomic mass is 16.4. The fraction of sp³-hybridized carbons (Fsp3) is 0.562. The average molecular weight is 278 g/mol. The van der Waals surface area contributed by atoms with E-state index in [9.17, 15) is 9.90 Å². The van der Waals surface area contributed by atoms with Gasteiger partial charge in [-0.3, -0.25) is 4.79 Å². The molecule has 20 heavy (non-hydrogen) atoms. The van der Waals surface area contributed by atoms with E-state index in [4.69, 9.17) is 0 Å². The summed E-state index contributed by atoms with van der Waals surface area (Å²) in [6.45, 7) is 7.15. The summed E-state index contributed by atoms with van der Waals surface area (Å²) in [4.78, 5) is 13.5. The summed E-state index contributed by atoms with van der Waals surface area (Å²) in [6, 6.07) is 8.41. The van der Waals surface area contributed by atoms with Gasteiger partial charge in [0.25, 0.3) is 0 Å². The van der Waals surface area contributed by atoms with Crippen molar-refractivity contribution in [1.82, 2.24) is 5.32 Å². The Morgan fingerprint density at radius 1 is 1.30 bits per heavy atom. The Balaban J connectivity index is 2.64. The van der Waals surface area contributed by atoms with Gasteiger partial charge in [-0.05, 0) is 44.0 Å². The van der Waals surface area contributed by atoms with Crippen LogP contribution in [0.1, 0.15) is 32.8 Å². The first-order valence-electron chi connectivity index (χ1n) is 7.21. The number of carboxylic acids is 1. The van der Waals surface area contributed by atoms with Crippen molar-refractivity contribution in [2.75, 3.05) is 25.0 Å². The maximum Gasteiger partial charge on any atom is 0.323 e. The number of anilines is 1. The number of rotatable bonds is 8. The molecule has 0 amide bonds. The number of aliphatic carboxylic acids is 1. The highest BCUT2D eigenvalue weighted by molar-refractivity contribution is 5.78. The predicted octanol–water partition coefficient (Wildman–Crippen LogP) is 2.53. The molecular formula is C16H26N2O2. The third-order valence-corrected chi connectivity index (χ3v) is 3.77. The summed E-state index contributed by atoms with van der Waals surface area (Å²) >= 11 is 0. The highest BCUT2D eigenvalue weighted by Crippen LogP contribution is 2.17. The Morgan fingerprint density at radius 2 is 1.90 bits per heavy atom. The lowest BCUT2D eigenvalue weighted by molar-refractivity contribution is -0.144. The molecule has 1 rings (SSSR count). The van der Waals surface area contributed by atoms with E-state index in [1.165, 1.54) is 5.56 Å². The number of hydrogen-bond acceptors (Lipinski definition) is 3. The molecule has 1 atom stereocenters. The molecule has 2 N–H and O–H groups in total. The predicted molar refractivity (Wildman–Crippen MR) is 83.4 cm³/mol. The summed E-state index contributed by atoms with van der Waals surface area (Å²) < 4.78 is 0. The Morgan fingerprint density at radius 3 is 2.35 bits per heavy atom. The summed E-state index contributed by atoms with van der Waals surface area (Å²) in [5, 5.41) is 12.4. The van der Waals surface area contributed by atoms with Crippen LogP contribution in [0.5, 0.6) is 0 Å². The van der Waals surface area contributed by atoms with Crippen LogP contribution in [0.25, 0.3) is 0 Å². The van der Waals surface area contributed by atoms with E-state index in [1.54, 1.807) is 6.92 Å². The van der Waals surface area contributed by atoms with E-state index >= 15 is 0 Å². The summed E-state index contributed by atoms with van der Waals surface area (Å²) in [5.41, 5.74) is 1.56. The van der Waals surface area contributed by atoms with Crippen LogP contribution in [-0.4, -0.2) is 36.8 Å². The molecule has 0 radical (unpaired) electrons. The molecule has 0 aromatic heterocycles. The van der Waals surface area contributed by atoms with Crippen LogP contribution in [-0.2, 0) is 11.2 Å². The first-order chi connectivity index (χ1) is 9.42. The molecule has 0 fully saturated rings. The molecule has 1 aromatic rings. The van der Waals surface area contributed by atoms with Crippen LogP contribution >= 0.6 is 0 Å². The molecular weight excluding hydrogens is 252 g/mol. The third-order valence-electron chi connectivity index (χ3n) is 3.77. The number of nitrogens with zero attached hydrogens (tertiary/aromatic N) is 1. The molecule has 0 heterocycles. The number of aryl methyl sites for hydroxylation is 1. The second-order valence-electron chi connectivity index (χ2n) is 5.36. The number of hydrogen-bond donors (Lipinski definition) is 2. The lowest BCUT2D eigenvalue weighted by Crippen LogP contribution is -2.51. The number of carbonyl (C=O) groups is 1. The van der Waals surface area contributed by atoms with Crippen molar-refractivity contribution >= 4 is 11.7 Å². The van der Waals surface area contributed by atoms with Gasteiger partial charge >= 0.3 is 5.97 Å². The first-order valence-corrected chi connectivity index (χ1v) is 7.21. The SMILES string of the molecule is CCNC(C)(CCN(C)c1ccc(CC)cc1)C(=O)O. The standard InChI is InChI=1S/C16H26N2O2/c1-5-13-7-9-14(10-8-13)18(4)12-11-16(3,15(19)20)17-6-2/h7-10,17H,5-6,11-12H2,1-4H3,(H,19,20). The van der Waals surface area contributed by atoms with E-state index in [0.29, 0.717) is 19.5 Å². The van der Waals surface area contributed by atoms with Crippen molar-refractivity contribution in [3.8, 4) is 0 Å². The van der Waals surface area contributed by atoms with Gasteiger partial charge in [-0.2, -0.15) is 0 Å². The van der Waals surface area contributed by atoms with E-state index < -0.39 is 11.5 Å². The molecule has 0 aliphatic rings. The second kappa shape index (κ2) is 7.29. The van der Waals surface area contributed by atoms with Crippen molar-refractivity contribution in [2.24, 2.45) is 0 Å². The van der Waals surface area contributed by atoms with Crippen LogP contribution < -0.4 is 10.2 Å². The quantitative estimate of drug-likeness (QED) is 0.767. The maximum atomic E-state index is 11.4. The smallest absolute Gasteiger partial charge is 0.323 e. The lowest BCUT2D eigenvalue weighted by Gasteiger charge is -2.29. The van der Waals surface area contributed by atoms with Crippen LogP contribution in [0.4, 0.5) is 5.69 Å². The number of carboxylic acid groups (broad SMARTS) is 1. The van der Waals surface area contributed by atoms with Crippen LogP contribution in [0.2, 0.25) is 0 Å².